The summed E-state index contributed by atoms with van der Waals surface area (Å²) in [5.74, 6) is -1.01. The van der Waals surface area contributed by atoms with Gasteiger partial charge < -0.3 is 15.5 Å². The molecule has 17 heavy (non-hydrogen) atoms. The minimum absolute atomic E-state index is 0.0632. The van der Waals surface area contributed by atoms with Crippen molar-refractivity contribution in [1.29, 1.82) is 0 Å². The maximum Gasteiger partial charge on any atom is 0.354 e. The number of nitrogens with zero attached hydrogens (tertiary/aromatic N) is 1. The predicted octanol–water partition coefficient (Wildman–Crippen LogP) is 1.03. The highest BCUT2D eigenvalue weighted by Crippen LogP contribution is 2.00. The Morgan fingerprint density at radius 2 is 2.29 bits per heavy atom. The number of hydrogen-bond acceptors (Lipinski definition) is 4. The molecule has 0 bridgehead atoms. The van der Waals surface area contributed by atoms with Crippen LogP contribution in [0.4, 0.5) is 0 Å². The summed E-state index contributed by atoms with van der Waals surface area (Å²) in [4.78, 5) is 14.7. The molecule has 0 aliphatic carbocycles. The summed E-state index contributed by atoms with van der Waals surface area (Å²) >= 11 is 0. The molecule has 0 aliphatic rings. The molecule has 94 valence electrons. The number of aliphatic hydroxyl groups excluding tert-OH is 1. The molecule has 1 heterocycles. The zero-order valence-corrected chi connectivity index (χ0v) is 9.89. The summed E-state index contributed by atoms with van der Waals surface area (Å²) in [6, 6.07) is 4.94. The Balaban J connectivity index is 2.31. The van der Waals surface area contributed by atoms with Gasteiger partial charge in [0.2, 0.25) is 0 Å². The van der Waals surface area contributed by atoms with Crippen molar-refractivity contribution in [3.63, 3.8) is 0 Å². The molecule has 1 atom stereocenters. The average molecular weight is 238 g/mol. The lowest BCUT2D eigenvalue weighted by Crippen LogP contribution is -2.17. The van der Waals surface area contributed by atoms with Gasteiger partial charge >= 0.3 is 5.97 Å². The van der Waals surface area contributed by atoms with E-state index in [9.17, 15) is 4.79 Å². The Labute approximate surface area is 101 Å². The number of rotatable bonds is 7. The molecule has 5 nitrogen and oxygen atoms in total. The third-order valence-corrected chi connectivity index (χ3v) is 2.31. The van der Waals surface area contributed by atoms with Gasteiger partial charge in [0.25, 0.3) is 0 Å². The van der Waals surface area contributed by atoms with Crippen LogP contribution in [0.5, 0.6) is 0 Å². The second kappa shape index (κ2) is 6.98. The number of aromatic nitrogens is 1. The number of carboxylic acid groups (broad SMARTS) is 1. The molecule has 1 aromatic heterocycles. The van der Waals surface area contributed by atoms with Gasteiger partial charge in [0.15, 0.2) is 0 Å². The van der Waals surface area contributed by atoms with Crippen LogP contribution in [-0.2, 0) is 6.54 Å². The fourth-order valence-corrected chi connectivity index (χ4v) is 1.44. The Bertz CT molecular complexity index is 367. The van der Waals surface area contributed by atoms with Gasteiger partial charge in [-0.25, -0.2) is 9.78 Å². The number of hydrogen-bond donors (Lipinski definition) is 3. The van der Waals surface area contributed by atoms with Gasteiger partial charge in [-0.15, -0.1) is 0 Å². The first-order valence-electron chi connectivity index (χ1n) is 5.67. The van der Waals surface area contributed by atoms with E-state index in [1.165, 1.54) is 6.07 Å². The second-order valence-electron chi connectivity index (χ2n) is 3.99. The molecule has 1 unspecified atom stereocenters. The summed E-state index contributed by atoms with van der Waals surface area (Å²) in [6.45, 7) is 3.09. The summed E-state index contributed by atoms with van der Waals surface area (Å²) < 4.78 is 0. The Kier molecular flexibility index (Phi) is 5.59. The molecule has 0 fully saturated rings. The first-order valence-corrected chi connectivity index (χ1v) is 5.67. The average Bonchev–Trinajstić information content (AvgIpc) is 2.28. The van der Waals surface area contributed by atoms with Gasteiger partial charge in [-0.3, -0.25) is 0 Å². The second-order valence-corrected chi connectivity index (χ2v) is 3.99. The van der Waals surface area contributed by atoms with E-state index in [-0.39, 0.29) is 11.8 Å². The van der Waals surface area contributed by atoms with E-state index in [4.69, 9.17) is 10.2 Å². The van der Waals surface area contributed by atoms with E-state index >= 15 is 0 Å². The Morgan fingerprint density at radius 1 is 1.53 bits per heavy atom. The van der Waals surface area contributed by atoms with Crippen LogP contribution >= 0.6 is 0 Å². The van der Waals surface area contributed by atoms with Crippen LogP contribution in [0.2, 0.25) is 0 Å². The van der Waals surface area contributed by atoms with Crippen molar-refractivity contribution in [2.24, 2.45) is 0 Å². The van der Waals surface area contributed by atoms with Crippen LogP contribution in [0.3, 0.4) is 0 Å². The number of aromatic carboxylic acids is 1. The molecule has 0 radical (unpaired) electrons. The lowest BCUT2D eigenvalue weighted by Gasteiger charge is -2.06. The molecule has 0 saturated heterocycles. The van der Waals surface area contributed by atoms with E-state index in [1.807, 2.05) is 0 Å². The van der Waals surface area contributed by atoms with Crippen LogP contribution in [0.15, 0.2) is 18.2 Å². The van der Waals surface area contributed by atoms with Crippen LogP contribution < -0.4 is 5.32 Å². The Hall–Kier alpha value is -1.46. The molecule has 0 spiro atoms. The molecular weight excluding hydrogens is 220 g/mol. The number of carboxylic acids is 1. The van der Waals surface area contributed by atoms with E-state index in [0.29, 0.717) is 12.2 Å². The summed E-state index contributed by atoms with van der Waals surface area (Å²) in [7, 11) is 0. The minimum atomic E-state index is -1.01. The third kappa shape index (κ3) is 5.42. The smallest absolute Gasteiger partial charge is 0.354 e. The van der Waals surface area contributed by atoms with Crippen molar-refractivity contribution < 1.29 is 15.0 Å². The highest BCUT2D eigenvalue weighted by atomic mass is 16.4. The third-order valence-electron chi connectivity index (χ3n) is 2.31. The standard InChI is InChI=1S/C12H18N2O3/c1-9(15)4-3-7-13-8-10-5-2-6-11(14-10)12(16)17/h2,5-6,9,13,15H,3-4,7-8H2,1H3,(H,16,17). The molecule has 1 aromatic rings. The normalized spacial score (nSPS) is 12.4. The van der Waals surface area contributed by atoms with Gasteiger partial charge in [0.1, 0.15) is 5.69 Å². The van der Waals surface area contributed by atoms with Crippen LogP contribution in [0.25, 0.3) is 0 Å². The highest BCUT2D eigenvalue weighted by Gasteiger charge is 2.04. The van der Waals surface area contributed by atoms with Crippen molar-refractivity contribution in [3.8, 4) is 0 Å². The highest BCUT2D eigenvalue weighted by molar-refractivity contribution is 5.85. The number of nitrogens with one attached hydrogen (secondary N) is 1. The van der Waals surface area contributed by atoms with Crippen molar-refractivity contribution in [2.75, 3.05) is 6.54 Å². The fourth-order valence-electron chi connectivity index (χ4n) is 1.44. The molecular formula is C12H18N2O3. The molecule has 1 rings (SSSR count). The topological polar surface area (TPSA) is 82.5 Å². The van der Waals surface area contributed by atoms with Crippen molar-refractivity contribution >= 4 is 5.97 Å². The molecule has 0 aromatic carbocycles. The maximum atomic E-state index is 10.7. The molecule has 3 N–H and O–H groups in total. The summed E-state index contributed by atoms with van der Waals surface area (Å²) in [5, 5.41) is 21.0. The van der Waals surface area contributed by atoms with E-state index < -0.39 is 5.97 Å². The van der Waals surface area contributed by atoms with E-state index in [0.717, 1.165) is 19.4 Å². The largest absolute Gasteiger partial charge is 0.477 e. The monoisotopic (exact) mass is 238 g/mol. The molecule has 0 saturated carbocycles. The lowest BCUT2D eigenvalue weighted by molar-refractivity contribution is 0.0690. The first kappa shape index (κ1) is 13.6. The van der Waals surface area contributed by atoms with Gasteiger partial charge in [0.05, 0.1) is 11.8 Å². The van der Waals surface area contributed by atoms with Crippen LogP contribution in [0, 0.1) is 0 Å². The van der Waals surface area contributed by atoms with Gasteiger partial charge in [-0.1, -0.05) is 6.07 Å². The van der Waals surface area contributed by atoms with Crippen molar-refractivity contribution in [1.82, 2.24) is 10.3 Å². The lowest BCUT2D eigenvalue weighted by atomic mass is 10.2. The quantitative estimate of drug-likeness (QED) is 0.618. The zero-order valence-electron chi connectivity index (χ0n) is 9.89. The molecule has 0 aliphatic heterocycles. The zero-order chi connectivity index (χ0) is 12.7. The number of aliphatic hydroxyl groups is 1. The first-order chi connectivity index (χ1) is 8.09. The van der Waals surface area contributed by atoms with E-state index in [2.05, 4.69) is 10.3 Å². The van der Waals surface area contributed by atoms with Crippen LogP contribution in [-0.4, -0.2) is 33.8 Å². The summed E-state index contributed by atoms with van der Waals surface area (Å²) in [6.07, 6.45) is 1.37. The Morgan fingerprint density at radius 3 is 2.94 bits per heavy atom. The molecule has 5 heteroatoms. The van der Waals surface area contributed by atoms with Gasteiger partial charge in [-0.05, 0) is 38.4 Å². The number of carbonyl (C=O) groups is 1. The predicted molar refractivity (Wildman–Crippen MR) is 63.8 cm³/mol. The van der Waals surface area contributed by atoms with Crippen molar-refractivity contribution in [2.45, 2.75) is 32.4 Å². The number of pyridine rings is 1. The summed E-state index contributed by atoms with van der Waals surface area (Å²) in [5.41, 5.74) is 0.773. The van der Waals surface area contributed by atoms with Crippen LogP contribution in [0.1, 0.15) is 35.9 Å². The van der Waals surface area contributed by atoms with E-state index in [1.54, 1.807) is 19.1 Å². The van der Waals surface area contributed by atoms with Gasteiger partial charge in [-0.2, -0.15) is 0 Å². The fraction of sp³-hybridized carbons (Fsp3) is 0.500. The van der Waals surface area contributed by atoms with Crippen molar-refractivity contribution in [3.05, 3.63) is 29.6 Å². The maximum absolute atomic E-state index is 10.7. The molecule has 0 amide bonds. The SMILES string of the molecule is CC(O)CCCNCc1cccc(C(=O)O)n1. The minimum Gasteiger partial charge on any atom is -0.477 e. The van der Waals surface area contributed by atoms with Gasteiger partial charge in [0, 0.05) is 6.54 Å².